The van der Waals surface area contributed by atoms with Crippen LogP contribution in [0.3, 0.4) is 0 Å². The Morgan fingerprint density at radius 2 is 1.76 bits per heavy atom. The van der Waals surface area contributed by atoms with Crippen LogP contribution < -0.4 is 14.2 Å². The van der Waals surface area contributed by atoms with Crippen molar-refractivity contribution in [3.05, 3.63) is 53.1 Å². The van der Waals surface area contributed by atoms with Gasteiger partial charge in [0.15, 0.2) is 17.3 Å². The number of carbonyl (C=O) groups is 2. The maximum absolute atomic E-state index is 13.5. The Morgan fingerprint density at radius 3 is 2.41 bits per heavy atom. The second-order valence-corrected chi connectivity index (χ2v) is 10.2. The molecule has 0 radical (unpaired) electrons. The number of ether oxygens (including phenoxy) is 4. The smallest absolute Gasteiger partial charge is 0.319 e. The van der Waals surface area contributed by atoms with E-state index in [1.807, 2.05) is 37.3 Å². The van der Waals surface area contributed by atoms with Crippen LogP contribution >= 0.6 is 0 Å². The van der Waals surface area contributed by atoms with Crippen molar-refractivity contribution in [1.82, 2.24) is 0 Å². The third-order valence-corrected chi connectivity index (χ3v) is 8.00. The highest BCUT2D eigenvalue weighted by molar-refractivity contribution is 6.05. The quantitative estimate of drug-likeness (QED) is 0.357. The maximum Gasteiger partial charge on any atom is 0.319 e. The number of nitrogens with zero attached hydrogens (tertiary/aromatic N) is 1. The van der Waals surface area contributed by atoms with Crippen LogP contribution in [0.15, 0.2) is 36.4 Å². The summed E-state index contributed by atoms with van der Waals surface area (Å²) >= 11 is 0. The van der Waals surface area contributed by atoms with Gasteiger partial charge in [0.25, 0.3) is 0 Å². The molecule has 0 bridgehead atoms. The highest BCUT2D eigenvalue weighted by atomic mass is 16.5. The van der Waals surface area contributed by atoms with Gasteiger partial charge in [-0.2, -0.15) is 5.26 Å². The Bertz CT molecular complexity index is 1200. The van der Waals surface area contributed by atoms with Crippen LogP contribution in [0.1, 0.15) is 61.6 Å². The number of benzene rings is 2. The molecule has 2 aromatic rings. The number of Topliss-reactive ketones (excluding diaryl/α,β-unsaturated/α-hetero) is 1. The van der Waals surface area contributed by atoms with E-state index < -0.39 is 16.8 Å². The van der Waals surface area contributed by atoms with Crippen LogP contribution in [0, 0.1) is 23.7 Å². The first-order valence-corrected chi connectivity index (χ1v) is 12.8. The second kappa shape index (κ2) is 10.8. The largest absolute Gasteiger partial charge is 0.496 e. The zero-order valence-corrected chi connectivity index (χ0v) is 22.1. The molecule has 2 atom stereocenters. The second-order valence-electron chi connectivity index (χ2n) is 10.2. The number of hydrogen-bond acceptors (Lipinski definition) is 7. The van der Waals surface area contributed by atoms with Gasteiger partial charge in [0, 0.05) is 6.42 Å². The lowest BCUT2D eigenvalue weighted by Crippen LogP contribution is -2.51. The number of esters is 1. The number of aryl methyl sites for hydroxylation is 1. The molecule has 0 saturated heterocycles. The van der Waals surface area contributed by atoms with Gasteiger partial charge in [0.05, 0.1) is 38.9 Å². The maximum atomic E-state index is 13.5. The van der Waals surface area contributed by atoms with Crippen LogP contribution in [0.4, 0.5) is 0 Å². The van der Waals surface area contributed by atoms with E-state index >= 15 is 0 Å². The Balaban J connectivity index is 1.75. The van der Waals surface area contributed by atoms with Gasteiger partial charge < -0.3 is 18.9 Å². The summed E-state index contributed by atoms with van der Waals surface area (Å²) < 4.78 is 22.5. The summed E-state index contributed by atoms with van der Waals surface area (Å²) in [6.45, 7) is 1.93. The van der Waals surface area contributed by atoms with Gasteiger partial charge in [-0.25, -0.2) is 0 Å². The molecule has 7 heteroatoms. The van der Waals surface area contributed by atoms with E-state index in [0.717, 1.165) is 36.8 Å². The van der Waals surface area contributed by atoms with Gasteiger partial charge in [-0.3, -0.25) is 9.59 Å². The summed E-state index contributed by atoms with van der Waals surface area (Å²) in [5.41, 5.74) is -0.125. The van der Waals surface area contributed by atoms with Crippen molar-refractivity contribution in [3.8, 4) is 23.3 Å². The van der Waals surface area contributed by atoms with E-state index in [-0.39, 0.29) is 31.1 Å². The molecule has 0 heterocycles. The molecule has 0 aliphatic heterocycles. The summed E-state index contributed by atoms with van der Waals surface area (Å²) in [6.07, 6.45) is 4.89. The first-order valence-electron chi connectivity index (χ1n) is 12.8. The van der Waals surface area contributed by atoms with Crippen LogP contribution in [-0.4, -0.2) is 39.2 Å². The van der Waals surface area contributed by atoms with Crippen molar-refractivity contribution in [3.63, 3.8) is 0 Å². The normalized spacial score (nSPS) is 23.8. The fourth-order valence-electron chi connectivity index (χ4n) is 5.86. The molecule has 2 aromatic carbocycles. The number of ketones is 1. The average molecular weight is 506 g/mol. The van der Waals surface area contributed by atoms with Gasteiger partial charge >= 0.3 is 5.97 Å². The predicted octanol–water partition coefficient (Wildman–Crippen LogP) is 5.25. The summed E-state index contributed by atoms with van der Waals surface area (Å²) in [7, 11) is 4.47. The Morgan fingerprint density at radius 1 is 1.03 bits per heavy atom. The molecule has 2 aliphatic carbocycles. The summed E-state index contributed by atoms with van der Waals surface area (Å²) in [6, 6.07) is 13.6. The SMILES string of the molecule is COC(=O)C1(Cc2ccc(C)c(OC)c2)CC(C#N)(c2ccc(OC)c(OC3CCCC3)c2)CCC1=O. The van der Waals surface area contributed by atoms with E-state index in [4.69, 9.17) is 18.9 Å². The van der Waals surface area contributed by atoms with Gasteiger partial charge in [0.2, 0.25) is 0 Å². The molecule has 2 fully saturated rings. The Labute approximate surface area is 218 Å². The van der Waals surface area contributed by atoms with Crippen LogP contribution in [0.5, 0.6) is 17.2 Å². The van der Waals surface area contributed by atoms with E-state index in [1.54, 1.807) is 20.3 Å². The molecule has 0 aromatic heterocycles. The number of nitriles is 1. The third kappa shape index (κ3) is 5.02. The first kappa shape index (κ1) is 26.5. The third-order valence-electron chi connectivity index (χ3n) is 8.00. The predicted molar refractivity (Wildman–Crippen MR) is 138 cm³/mol. The summed E-state index contributed by atoms with van der Waals surface area (Å²) in [5.74, 6) is 1.04. The van der Waals surface area contributed by atoms with Crippen molar-refractivity contribution in [2.45, 2.75) is 69.8 Å². The monoisotopic (exact) mass is 505 g/mol. The summed E-state index contributed by atoms with van der Waals surface area (Å²) in [4.78, 5) is 26.8. The molecule has 196 valence electrons. The topological polar surface area (TPSA) is 94.8 Å². The molecule has 2 saturated carbocycles. The van der Waals surface area contributed by atoms with Crippen molar-refractivity contribution >= 4 is 11.8 Å². The molecular weight excluding hydrogens is 470 g/mol. The van der Waals surface area contributed by atoms with Gasteiger partial charge in [0.1, 0.15) is 11.2 Å². The Kier molecular flexibility index (Phi) is 7.77. The van der Waals surface area contributed by atoms with E-state index in [2.05, 4.69) is 6.07 Å². The molecule has 0 spiro atoms. The molecule has 0 amide bonds. The Hall–Kier alpha value is -3.53. The lowest BCUT2D eigenvalue weighted by molar-refractivity contribution is -0.161. The molecule has 2 unspecified atom stereocenters. The fourth-order valence-corrected chi connectivity index (χ4v) is 5.86. The van der Waals surface area contributed by atoms with E-state index in [9.17, 15) is 14.9 Å². The average Bonchev–Trinajstić information content (AvgIpc) is 3.43. The minimum atomic E-state index is -1.49. The number of methoxy groups -OCH3 is 3. The minimum absolute atomic E-state index is 0.0212. The van der Waals surface area contributed by atoms with Crippen molar-refractivity contribution in [2.24, 2.45) is 5.41 Å². The van der Waals surface area contributed by atoms with Crippen LogP contribution in [0.25, 0.3) is 0 Å². The zero-order chi connectivity index (χ0) is 26.6. The van der Waals surface area contributed by atoms with Crippen molar-refractivity contribution in [2.75, 3.05) is 21.3 Å². The fraction of sp³-hybridized carbons (Fsp3) is 0.500. The van der Waals surface area contributed by atoms with E-state index in [1.165, 1.54) is 7.11 Å². The van der Waals surface area contributed by atoms with Crippen molar-refractivity contribution in [1.29, 1.82) is 5.26 Å². The lowest BCUT2D eigenvalue weighted by Gasteiger charge is -2.42. The highest BCUT2D eigenvalue weighted by Crippen LogP contribution is 2.50. The van der Waals surface area contributed by atoms with E-state index in [0.29, 0.717) is 29.2 Å². The van der Waals surface area contributed by atoms with Gasteiger partial charge in [-0.15, -0.1) is 0 Å². The zero-order valence-electron chi connectivity index (χ0n) is 22.1. The van der Waals surface area contributed by atoms with Gasteiger partial charge in [-0.05, 0) is 86.8 Å². The first-order chi connectivity index (χ1) is 17.8. The van der Waals surface area contributed by atoms with Crippen molar-refractivity contribution < 1.29 is 28.5 Å². The van der Waals surface area contributed by atoms with Crippen LogP contribution in [0.2, 0.25) is 0 Å². The molecule has 7 nitrogen and oxygen atoms in total. The number of hydrogen-bond donors (Lipinski definition) is 0. The highest BCUT2D eigenvalue weighted by Gasteiger charge is 2.56. The van der Waals surface area contributed by atoms with Gasteiger partial charge in [-0.1, -0.05) is 18.2 Å². The molecule has 37 heavy (non-hydrogen) atoms. The molecule has 2 aliphatic rings. The molecule has 0 N–H and O–H groups in total. The van der Waals surface area contributed by atoms with Crippen LogP contribution in [-0.2, 0) is 26.2 Å². The standard InChI is InChI=1S/C30H35NO6/c1-20-9-10-21(15-25(20)35-3)17-30(28(33)36-4)18-29(19-31,14-13-27(30)32)22-11-12-24(34-2)26(16-22)37-23-7-5-6-8-23/h9-12,15-16,23H,5-8,13-14,17-18H2,1-4H3. The summed E-state index contributed by atoms with van der Waals surface area (Å²) in [5, 5.41) is 10.5. The lowest BCUT2D eigenvalue weighted by atomic mass is 9.57. The molecule has 4 rings (SSSR count). The minimum Gasteiger partial charge on any atom is -0.496 e. The number of rotatable bonds is 8. The number of carbonyl (C=O) groups excluding carboxylic acids is 2. The molecular formula is C30H35NO6.